The van der Waals surface area contributed by atoms with Crippen molar-refractivity contribution in [3.63, 3.8) is 0 Å². The Balaban J connectivity index is 1.65. The zero-order valence-electron chi connectivity index (χ0n) is 10.9. The summed E-state index contributed by atoms with van der Waals surface area (Å²) in [4.78, 5) is 24.5. The Kier molecular flexibility index (Phi) is 3.51. The Hall–Kier alpha value is -2.15. The number of rotatable bonds is 2. The molecule has 2 aromatic heterocycles. The first-order chi connectivity index (χ1) is 9.75. The third kappa shape index (κ3) is 2.44. The van der Waals surface area contributed by atoms with Gasteiger partial charge in [-0.2, -0.15) is 0 Å². The molecule has 2 aromatic rings. The zero-order chi connectivity index (χ0) is 13.9. The SMILES string of the molecule is Nc1cccnc1N1CCN(C(=O)c2cscn2)CC1. The van der Waals surface area contributed by atoms with Gasteiger partial charge in [0, 0.05) is 37.8 Å². The maximum absolute atomic E-state index is 12.2. The Morgan fingerprint density at radius 3 is 2.70 bits per heavy atom. The van der Waals surface area contributed by atoms with Crippen molar-refractivity contribution in [3.05, 3.63) is 34.9 Å². The average Bonchev–Trinajstić information content (AvgIpc) is 3.01. The molecule has 3 heterocycles. The average molecular weight is 289 g/mol. The number of nitrogens with two attached hydrogens (primary N) is 1. The molecule has 6 nitrogen and oxygen atoms in total. The van der Waals surface area contributed by atoms with E-state index in [1.807, 2.05) is 17.0 Å². The topological polar surface area (TPSA) is 75.3 Å². The third-order valence-corrected chi connectivity index (χ3v) is 3.92. The number of nitrogen functional groups attached to an aromatic ring is 1. The first kappa shape index (κ1) is 12.9. The zero-order valence-corrected chi connectivity index (χ0v) is 11.7. The van der Waals surface area contributed by atoms with E-state index in [-0.39, 0.29) is 5.91 Å². The van der Waals surface area contributed by atoms with Crippen molar-refractivity contribution in [2.24, 2.45) is 0 Å². The van der Waals surface area contributed by atoms with Crippen LogP contribution in [0.15, 0.2) is 29.2 Å². The predicted octanol–water partition coefficient (Wildman–Crippen LogP) is 1.08. The molecule has 0 radical (unpaired) electrons. The second kappa shape index (κ2) is 5.46. The van der Waals surface area contributed by atoms with Crippen molar-refractivity contribution in [1.29, 1.82) is 0 Å². The minimum absolute atomic E-state index is 0.0000993. The molecule has 0 aliphatic carbocycles. The lowest BCUT2D eigenvalue weighted by Gasteiger charge is -2.35. The lowest BCUT2D eigenvalue weighted by atomic mass is 10.2. The van der Waals surface area contributed by atoms with E-state index in [4.69, 9.17) is 5.73 Å². The minimum Gasteiger partial charge on any atom is -0.396 e. The number of hydrogen-bond donors (Lipinski definition) is 1. The van der Waals surface area contributed by atoms with Crippen LogP contribution in [0.3, 0.4) is 0 Å². The van der Waals surface area contributed by atoms with Crippen LogP contribution in [0.25, 0.3) is 0 Å². The van der Waals surface area contributed by atoms with Crippen LogP contribution in [0.1, 0.15) is 10.5 Å². The van der Waals surface area contributed by atoms with Crippen molar-refractivity contribution < 1.29 is 4.79 Å². The standard InChI is InChI=1S/C13H15N5OS/c14-10-2-1-3-15-12(10)17-4-6-18(7-5-17)13(19)11-8-20-9-16-11/h1-3,8-9H,4-7,14H2. The van der Waals surface area contributed by atoms with Gasteiger partial charge in [-0.25, -0.2) is 9.97 Å². The van der Waals surface area contributed by atoms with Gasteiger partial charge in [0.05, 0.1) is 11.2 Å². The maximum Gasteiger partial charge on any atom is 0.273 e. The molecule has 0 bridgehead atoms. The Morgan fingerprint density at radius 2 is 2.05 bits per heavy atom. The summed E-state index contributed by atoms with van der Waals surface area (Å²) in [7, 11) is 0. The molecule has 2 N–H and O–H groups in total. The quantitative estimate of drug-likeness (QED) is 0.895. The Morgan fingerprint density at radius 1 is 1.25 bits per heavy atom. The van der Waals surface area contributed by atoms with E-state index in [0.717, 1.165) is 18.9 Å². The molecular weight excluding hydrogens is 274 g/mol. The molecule has 3 rings (SSSR count). The summed E-state index contributed by atoms with van der Waals surface area (Å²) in [5.41, 5.74) is 8.81. The van der Waals surface area contributed by atoms with E-state index in [2.05, 4.69) is 14.9 Å². The fraction of sp³-hybridized carbons (Fsp3) is 0.308. The van der Waals surface area contributed by atoms with Crippen LogP contribution in [0.5, 0.6) is 0 Å². The number of anilines is 2. The molecule has 0 saturated carbocycles. The van der Waals surface area contributed by atoms with E-state index in [0.29, 0.717) is 24.5 Å². The highest BCUT2D eigenvalue weighted by molar-refractivity contribution is 7.07. The molecule has 1 saturated heterocycles. The summed E-state index contributed by atoms with van der Waals surface area (Å²) in [6.45, 7) is 2.78. The molecule has 1 aliphatic rings. The highest BCUT2D eigenvalue weighted by atomic mass is 32.1. The van der Waals surface area contributed by atoms with E-state index in [9.17, 15) is 4.79 Å². The van der Waals surface area contributed by atoms with Crippen LogP contribution >= 0.6 is 11.3 Å². The third-order valence-electron chi connectivity index (χ3n) is 3.33. The molecule has 0 unspecified atom stereocenters. The summed E-state index contributed by atoms with van der Waals surface area (Å²) in [6, 6.07) is 3.66. The van der Waals surface area contributed by atoms with Gasteiger partial charge in [0.25, 0.3) is 5.91 Å². The molecule has 0 aromatic carbocycles. The number of aromatic nitrogens is 2. The van der Waals surface area contributed by atoms with Gasteiger partial charge in [-0.1, -0.05) is 0 Å². The van der Waals surface area contributed by atoms with Gasteiger partial charge in [-0.15, -0.1) is 11.3 Å². The number of thiazole rings is 1. The van der Waals surface area contributed by atoms with Crippen LogP contribution in [-0.2, 0) is 0 Å². The second-order valence-electron chi connectivity index (χ2n) is 4.57. The molecule has 1 fully saturated rings. The number of hydrogen-bond acceptors (Lipinski definition) is 6. The van der Waals surface area contributed by atoms with Crippen LogP contribution in [0.4, 0.5) is 11.5 Å². The summed E-state index contributed by atoms with van der Waals surface area (Å²) in [5, 5.41) is 1.78. The van der Waals surface area contributed by atoms with Gasteiger partial charge < -0.3 is 15.5 Å². The smallest absolute Gasteiger partial charge is 0.273 e. The molecule has 1 aliphatic heterocycles. The number of amides is 1. The van der Waals surface area contributed by atoms with E-state index < -0.39 is 0 Å². The van der Waals surface area contributed by atoms with Crippen molar-refractivity contribution in [1.82, 2.24) is 14.9 Å². The number of carbonyl (C=O) groups is 1. The van der Waals surface area contributed by atoms with E-state index in [1.165, 1.54) is 11.3 Å². The molecule has 0 spiro atoms. The van der Waals surface area contributed by atoms with Crippen molar-refractivity contribution in [2.45, 2.75) is 0 Å². The van der Waals surface area contributed by atoms with Gasteiger partial charge in [0.15, 0.2) is 5.82 Å². The number of carbonyl (C=O) groups excluding carboxylic acids is 1. The summed E-state index contributed by atoms with van der Waals surface area (Å²) in [5.74, 6) is 0.799. The lowest BCUT2D eigenvalue weighted by Crippen LogP contribution is -2.49. The van der Waals surface area contributed by atoms with Crippen LogP contribution < -0.4 is 10.6 Å². The molecular formula is C13H15N5OS. The second-order valence-corrected chi connectivity index (χ2v) is 5.29. The van der Waals surface area contributed by atoms with E-state index in [1.54, 1.807) is 17.1 Å². The molecule has 0 atom stereocenters. The van der Waals surface area contributed by atoms with Crippen molar-refractivity contribution >= 4 is 28.7 Å². The minimum atomic E-state index is -0.0000993. The van der Waals surface area contributed by atoms with Crippen molar-refractivity contribution in [2.75, 3.05) is 36.8 Å². The summed E-state index contributed by atoms with van der Waals surface area (Å²) >= 11 is 1.44. The van der Waals surface area contributed by atoms with Crippen molar-refractivity contribution in [3.8, 4) is 0 Å². The largest absolute Gasteiger partial charge is 0.396 e. The Bertz CT molecular complexity index is 593. The molecule has 104 valence electrons. The van der Waals surface area contributed by atoms with Gasteiger partial charge in [-0.05, 0) is 12.1 Å². The van der Waals surface area contributed by atoms with Crippen LogP contribution in [0, 0.1) is 0 Å². The number of nitrogens with zero attached hydrogens (tertiary/aromatic N) is 4. The van der Waals surface area contributed by atoms with Crippen LogP contribution in [-0.4, -0.2) is 47.0 Å². The highest BCUT2D eigenvalue weighted by Crippen LogP contribution is 2.21. The summed E-state index contributed by atoms with van der Waals surface area (Å²) in [6.07, 6.45) is 1.73. The molecule has 1 amide bonds. The first-order valence-electron chi connectivity index (χ1n) is 6.38. The van der Waals surface area contributed by atoms with Gasteiger partial charge in [0.1, 0.15) is 5.69 Å². The van der Waals surface area contributed by atoms with Gasteiger partial charge in [-0.3, -0.25) is 4.79 Å². The first-order valence-corrected chi connectivity index (χ1v) is 7.33. The summed E-state index contributed by atoms with van der Waals surface area (Å²) < 4.78 is 0. The van der Waals surface area contributed by atoms with Crippen LogP contribution in [0.2, 0.25) is 0 Å². The normalized spacial score (nSPS) is 15.4. The fourth-order valence-electron chi connectivity index (χ4n) is 2.28. The fourth-order valence-corrected chi connectivity index (χ4v) is 2.80. The maximum atomic E-state index is 12.2. The van der Waals surface area contributed by atoms with Gasteiger partial charge >= 0.3 is 0 Å². The number of piperazine rings is 1. The lowest BCUT2D eigenvalue weighted by molar-refractivity contribution is 0.0741. The Labute approximate surface area is 120 Å². The molecule has 20 heavy (non-hydrogen) atoms. The van der Waals surface area contributed by atoms with Gasteiger partial charge in [0.2, 0.25) is 0 Å². The highest BCUT2D eigenvalue weighted by Gasteiger charge is 2.24. The number of pyridine rings is 1. The monoisotopic (exact) mass is 289 g/mol. The molecule has 7 heteroatoms. The predicted molar refractivity (Wildman–Crippen MR) is 78.9 cm³/mol. The van der Waals surface area contributed by atoms with E-state index >= 15 is 0 Å².